The first-order valence-corrected chi connectivity index (χ1v) is 10.3. The highest BCUT2D eigenvalue weighted by Crippen LogP contribution is 2.12. The molecule has 0 saturated carbocycles. The summed E-state index contributed by atoms with van der Waals surface area (Å²) in [4.78, 5) is 25.4. The summed E-state index contributed by atoms with van der Waals surface area (Å²) in [5.41, 5.74) is 0.399. The number of likely N-dealkylation sites (N-methyl/N-ethyl adjacent to an activating group) is 1. The number of nitriles is 1. The Kier molecular flexibility index (Phi) is 8.03. The van der Waals surface area contributed by atoms with Gasteiger partial charge in [0.05, 0.1) is 16.5 Å². The van der Waals surface area contributed by atoms with E-state index in [2.05, 4.69) is 4.72 Å². The molecule has 30 heavy (non-hydrogen) atoms. The van der Waals surface area contributed by atoms with Gasteiger partial charge in [0.1, 0.15) is 5.82 Å². The van der Waals surface area contributed by atoms with E-state index in [1.54, 1.807) is 18.2 Å². The summed E-state index contributed by atoms with van der Waals surface area (Å²) in [6.07, 6.45) is 0.0308. The van der Waals surface area contributed by atoms with Crippen molar-refractivity contribution in [3.05, 3.63) is 65.5 Å². The monoisotopic (exact) mass is 433 g/mol. The third kappa shape index (κ3) is 6.37. The zero-order valence-electron chi connectivity index (χ0n) is 16.2. The summed E-state index contributed by atoms with van der Waals surface area (Å²) in [7, 11) is -2.33. The van der Waals surface area contributed by atoms with Gasteiger partial charge in [0.2, 0.25) is 10.0 Å². The number of amides is 1. The normalized spacial score (nSPS) is 10.8. The molecule has 8 nitrogen and oxygen atoms in total. The molecular weight excluding hydrogens is 413 g/mol. The Morgan fingerprint density at radius 2 is 1.83 bits per heavy atom. The summed E-state index contributed by atoms with van der Waals surface area (Å²) >= 11 is 0. The van der Waals surface area contributed by atoms with Crippen LogP contribution in [0.2, 0.25) is 0 Å². The molecule has 0 radical (unpaired) electrons. The van der Waals surface area contributed by atoms with Gasteiger partial charge in [-0.2, -0.15) is 5.26 Å². The summed E-state index contributed by atoms with van der Waals surface area (Å²) in [6, 6.07) is 12.8. The lowest BCUT2D eigenvalue weighted by molar-refractivity contribution is -0.133. The molecule has 0 aromatic heterocycles. The number of halogens is 1. The Balaban J connectivity index is 1.91. The maximum Gasteiger partial charge on any atom is 0.338 e. The second kappa shape index (κ2) is 10.5. The van der Waals surface area contributed by atoms with Crippen LogP contribution in [-0.2, 0) is 26.1 Å². The van der Waals surface area contributed by atoms with Crippen LogP contribution in [-0.4, -0.2) is 45.4 Å². The average Bonchev–Trinajstić information content (AvgIpc) is 2.73. The highest BCUT2D eigenvalue weighted by molar-refractivity contribution is 7.89. The van der Waals surface area contributed by atoms with E-state index >= 15 is 0 Å². The molecule has 0 aliphatic heterocycles. The van der Waals surface area contributed by atoms with Gasteiger partial charge in [0.25, 0.3) is 5.91 Å². The van der Waals surface area contributed by atoms with Crippen LogP contribution in [0.4, 0.5) is 4.39 Å². The van der Waals surface area contributed by atoms with Crippen molar-refractivity contribution in [2.45, 2.75) is 17.9 Å². The molecule has 0 bridgehead atoms. The summed E-state index contributed by atoms with van der Waals surface area (Å²) in [5, 5.41) is 8.46. The molecular formula is C20H20FN3O5S. The van der Waals surface area contributed by atoms with E-state index in [9.17, 15) is 22.4 Å². The first kappa shape index (κ1) is 23.0. The number of hydrogen-bond donors (Lipinski definition) is 1. The molecule has 0 unspecified atom stereocenters. The van der Waals surface area contributed by atoms with Crippen molar-refractivity contribution in [1.29, 1.82) is 5.26 Å². The van der Waals surface area contributed by atoms with Gasteiger partial charge in [0.15, 0.2) is 6.61 Å². The van der Waals surface area contributed by atoms with Gasteiger partial charge in [-0.15, -0.1) is 0 Å². The topological polar surface area (TPSA) is 117 Å². The number of esters is 1. The number of sulfonamides is 1. The predicted octanol–water partition coefficient (Wildman–Crippen LogP) is 1.83. The first-order chi connectivity index (χ1) is 14.2. The fraction of sp³-hybridized carbons (Fsp3) is 0.250. The number of hydrogen-bond acceptors (Lipinski definition) is 6. The number of rotatable bonds is 9. The Morgan fingerprint density at radius 1 is 1.17 bits per heavy atom. The van der Waals surface area contributed by atoms with Crippen LogP contribution >= 0.6 is 0 Å². The minimum atomic E-state index is -3.79. The van der Waals surface area contributed by atoms with Gasteiger partial charge >= 0.3 is 5.97 Å². The minimum Gasteiger partial charge on any atom is -0.452 e. The van der Waals surface area contributed by atoms with Crippen LogP contribution in [0.3, 0.4) is 0 Å². The lowest BCUT2D eigenvalue weighted by Crippen LogP contribution is -2.31. The van der Waals surface area contributed by atoms with Gasteiger partial charge in [0, 0.05) is 32.1 Å². The van der Waals surface area contributed by atoms with Crippen LogP contribution in [0.5, 0.6) is 0 Å². The molecule has 0 aliphatic carbocycles. The van der Waals surface area contributed by atoms with Crippen LogP contribution in [0, 0.1) is 17.1 Å². The Bertz CT molecular complexity index is 1050. The van der Waals surface area contributed by atoms with Crippen LogP contribution in [0.15, 0.2) is 53.4 Å². The standard InChI is InChI=1S/C20H20FN3O5S/c1-24(13-16-5-2-3-6-18(16)21)19(25)14-29-20(26)15-7-9-17(10-8-15)30(27,28)23-12-4-11-22/h2-3,5-10,23H,4,12-14H2,1H3. The maximum atomic E-state index is 13.7. The Hall–Kier alpha value is -3.29. The van der Waals surface area contributed by atoms with Gasteiger partial charge in [-0.25, -0.2) is 22.3 Å². The third-order valence-corrected chi connectivity index (χ3v) is 5.52. The van der Waals surface area contributed by atoms with Crippen molar-refractivity contribution in [2.24, 2.45) is 0 Å². The fourth-order valence-electron chi connectivity index (χ4n) is 2.39. The largest absolute Gasteiger partial charge is 0.452 e. The summed E-state index contributed by atoms with van der Waals surface area (Å²) in [5.74, 6) is -1.76. The summed E-state index contributed by atoms with van der Waals surface area (Å²) in [6.45, 7) is -0.543. The van der Waals surface area contributed by atoms with E-state index in [0.29, 0.717) is 5.56 Å². The van der Waals surface area contributed by atoms with Crippen molar-refractivity contribution in [1.82, 2.24) is 9.62 Å². The van der Waals surface area contributed by atoms with Crippen molar-refractivity contribution < 1.29 is 27.1 Å². The van der Waals surface area contributed by atoms with Gasteiger partial charge in [-0.3, -0.25) is 4.79 Å². The van der Waals surface area contributed by atoms with E-state index in [1.807, 2.05) is 6.07 Å². The quantitative estimate of drug-likeness (QED) is 0.476. The average molecular weight is 433 g/mol. The van der Waals surface area contributed by atoms with Crippen LogP contribution in [0.25, 0.3) is 0 Å². The highest BCUT2D eigenvalue weighted by atomic mass is 32.2. The van der Waals surface area contributed by atoms with E-state index in [1.165, 1.54) is 42.3 Å². The molecule has 0 atom stereocenters. The van der Waals surface area contributed by atoms with Crippen LogP contribution < -0.4 is 4.72 Å². The molecule has 0 heterocycles. The fourth-order valence-corrected chi connectivity index (χ4v) is 3.42. The van der Waals surface area contributed by atoms with Gasteiger partial charge < -0.3 is 9.64 Å². The molecule has 0 spiro atoms. The molecule has 2 aromatic carbocycles. The first-order valence-electron chi connectivity index (χ1n) is 8.86. The number of nitrogens with zero attached hydrogens (tertiary/aromatic N) is 2. The van der Waals surface area contributed by atoms with E-state index < -0.39 is 34.3 Å². The lowest BCUT2D eigenvalue weighted by Gasteiger charge is -2.17. The number of nitrogens with one attached hydrogen (secondary N) is 1. The van der Waals surface area contributed by atoms with Crippen molar-refractivity contribution in [2.75, 3.05) is 20.2 Å². The third-order valence-electron chi connectivity index (χ3n) is 4.05. The predicted molar refractivity (Wildman–Crippen MR) is 105 cm³/mol. The lowest BCUT2D eigenvalue weighted by atomic mass is 10.2. The van der Waals surface area contributed by atoms with Crippen molar-refractivity contribution in [3.63, 3.8) is 0 Å². The molecule has 158 valence electrons. The Labute approximate surface area is 173 Å². The van der Waals surface area contributed by atoms with E-state index in [4.69, 9.17) is 10.00 Å². The highest BCUT2D eigenvalue weighted by Gasteiger charge is 2.17. The molecule has 2 rings (SSSR count). The van der Waals surface area contributed by atoms with Gasteiger partial charge in [-0.05, 0) is 30.3 Å². The number of benzene rings is 2. The van der Waals surface area contributed by atoms with Crippen molar-refractivity contribution >= 4 is 21.9 Å². The second-order valence-corrected chi connectivity index (χ2v) is 8.01. The van der Waals surface area contributed by atoms with Crippen LogP contribution in [0.1, 0.15) is 22.3 Å². The van der Waals surface area contributed by atoms with Gasteiger partial charge in [-0.1, -0.05) is 18.2 Å². The van der Waals surface area contributed by atoms with E-state index in [0.717, 1.165) is 0 Å². The van der Waals surface area contributed by atoms with E-state index in [-0.39, 0.29) is 30.0 Å². The molecule has 0 aliphatic rings. The molecule has 1 amide bonds. The molecule has 0 saturated heterocycles. The number of ether oxygens (including phenoxy) is 1. The number of carbonyl (C=O) groups excluding carboxylic acids is 2. The SMILES string of the molecule is CN(Cc1ccccc1F)C(=O)COC(=O)c1ccc(S(=O)(=O)NCCC#N)cc1. The van der Waals surface area contributed by atoms with Crippen molar-refractivity contribution in [3.8, 4) is 6.07 Å². The smallest absolute Gasteiger partial charge is 0.338 e. The molecule has 2 aromatic rings. The molecule has 0 fully saturated rings. The molecule has 10 heteroatoms. The molecule has 1 N–H and O–H groups in total. The minimum absolute atomic E-state index is 0.0222. The summed E-state index contributed by atoms with van der Waals surface area (Å²) < 4.78 is 45.0. The second-order valence-electron chi connectivity index (χ2n) is 6.25. The maximum absolute atomic E-state index is 13.7. The Morgan fingerprint density at radius 3 is 2.47 bits per heavy atom. The zero-order valence-corrected chi connectivity index (χ0v) is 17.0. The number of carbonyl (C=O) groups is 2. The zero-order chi connectivity index (χ0) is 22.1.